The van der Waals surface area contributed by atoms with E-state index < -0.39 is 5.60 Å². The van der Waals surface area contributed by atoms with Crippen LogP contribution in [-0.4, -0.2) is 67.9 Å². The minimum absolute atomic E-state index is 0.359. The van der Waals surface area contributed by atoms with Gasteiger partial charge in [-0.15, -0.1) is 0 Å². The van der Waals surface area contributed by atoms with Crippen molar-refractivity contribution in [2.45, 2.75) is 26.4 Å². The predicted molar refractivity (Wildman–Crippen MR) is 71.3 cm³/mol. The van der Waals surface area contributed by atoms with Gasteiger partial charge in [-0.2, -0.15) is 0 Å². The van der Waals surface area contributed by atoms with E-state index in [1.54, 1.807) is 0 Å². The molecule has 1 aliphatic rings. The molecule has 0 aliphatic carbocycles. The van der Waals surface area contributed by atoms with Crippen LogP contribution in [0.25, 0.3) is 0 Å². The zero-order chi connectivity index (χ0) is 13.6. The fourth-order valence-electron chi connectivity index (χ4n) is 1.66. The first-order chi connectivity index (χ1) is 8.37. The summed E-state index contributed by atoms with van der Waals surface area (Å²) >= 11 is 0. The first kappa shape index (κ1) is 15.2. The number of nitrogens with one attached hydrogen (secondary N) is 2. The molecule has 1 rings (SSSR count). The molecule has 1 saturated heterocycles. The van der Waals surface area contributed by atoms with Crippen LogP contribution < -0.4 is 10.7 Å². The largest absolute Gasteiger partial charge is 0.444 e. The third-order valence-corrected chi connectivity index (χ3v) is 2.63. The highest BCUT2D eigenvalue weighted by molar-refractivity contribution is 5.67. The van der Waals surface area contributed by atoms with Crippen molar-refractivity contribution in [1.29, 1.82) is 0 Å². The van der Waals surface area contributed by atoms with E-state index in [9.17, 15) is 4.79 Å². The lowest BCUT2D eigenvalue weighted by atomic mass is 10.2. The lowest BCUT2D eigenvalue weighted by Gasteiger charge is -2.32. The van der Waals surface area contributed by atoms with E-state index in [0.717, 1.165) is 32.7 Å². The molecule has 0 bridgehead atoms. The maximum atomic E-state index is 11.4. The number of hydrogen-bond donors (Lipinski definition) is 2. The van der Waals surface area contributed by atoms with Crippen LogP contribution in [0.4, 0.5) is 4.79 Å². The Hall–Kier alpha value is -0.850. The second-order valence-corrected chi connectivity index (χ2v) is 5.63. The molecule has 1 fully saturated rings. The number of amides is 1. The summed E-state index contributed by atoms with van der Waals surface area (Å²) in [6.45, 7) is 11.0. The first-order valence-electron chi connectivity index (χ1n) is 6.51. The number of nitrogens with zero attached hydrogens (tertiary/aromatic N) is 2. The van der Waals surface area contributed by atoms with Gasteiger partial charge in [0, 0.05) is 39.3 Å². The Morgan fingerprint density at radius 3 is 2.33 bits per heavy atom. The van der Waals surface area contributed by atoms with E-state index >= 15 is 0 Å². The quantitative estimate of drug-likeness (QED) is 0.709. The van der Waals surface area contributed by atoms with Crippen LogP contribution in [0.2, 0.25) is 0 Å². The molecule has 6 nitrogen and oxygen atoms in total. The van der Waals surface area contributed by atoms with E-state index in [2.05, 4.69) is 27.7 Å². The normalized spacial score (nSPS) is 18.7. The van der Waals surface area contributed by atoms with Crippen molar-refractivity contribution in [3.05, 3.63) is 0 Å². The van der Waals surface area contributed by atoms with E-state index in [1.807, 2.05) is 20.8 Å². The summed E-state index contributed by atoms with van der Waals surface area (Å²) in [4.78, 5) is 13.7. The van der Waals surface area contributed by atoms with Gasteiger partial charge in [0.15, 0.2) is 0 Å². The molecule has 6 heteroatoms. The molecule has 1 aliphatic heterocycles. The fourth-order valence-corrected chi connectivity index (χ4v) is 1.66. The number of hydrogen-bond acceptors (Lipinski definition) is 5. The minimum Gasteiger partial charge on any atom is -0.444 e. The van der Waals surface area contributed by atoms with Crippen LogP contribution >= 0.6 is 0 Å². The van der Waals surface area contributed by atoms with E-state index in [-0.39, 0.29) is 6.09 Å². The average Bonchev–Trinajstić information content (AvgIpc) is 2.24. The van der Waals surface area contributed by atoms with Gasteiger partial charge in [0.05, 0.1) is 0 Å². The van der Waals surface area contributed by atoms with Crippen LogP contribution in [0.5, 0.6) is 0 Å². The Balaban J connectivity index is 2.03. The Labute approximate surface area is 110 Å². The number of piperazine rings is 1. The Bertz CT molecular complexity index is 257. The summed E-state index contributed by atoms with van der Waals surface area (Å²) in [5, 5.41) is 4.92. The second kappa shape index (κ2) is 6.92. The number of ether oxygens (including phenoxy) is 1. The molecule has 2 N–H and O–H groups in total. The Kier molecular flexibility index (Phi) is 5.84. The molecule has 0 unspecified atom stereocenters. The van der Waals surface area contributed by atoms with Crippen LogP contribution in [0.1, 0.15) is 20.8 Å². The molecular weight excluding hydrogens is 232 g/mol. The Morgan fingerprint density at radius 1 is 1.17 bits per heavy atom. The summed E-state index contributed by atoms with van der Waals surface area (Å²) in [5.74, 6) is 0. The highest BCUT2D eigenvalue weighted by Gasteiger charge is 2.16. The number of rotatable bonds is 4. The molecule has 1 heterocycles. The Morgan fingerprint density at radius 2 is 1.78 bits per heavy atom. The topological polar surface area (TPSA) is 56.8 Å². The van der Waals surface area contributed by atoms with E-state index in [1.165, 1.54) is 0 Å². The molecule has 0 aromatic carbocycles. The average molecular weight is 258 g/mol. The highest BCUT2D eigenvalue weighted by Crippen LogP contribution is 2.05. The third-order valence-electron chi connectivity index (χ3n) is 2.63. The maximum absolute atomic E-state index is 11.4. The molecule has 0 aromatic rings. The van der Waals surface area contributed by atoms with Crippen molar-refractivity contribution in [2.24, 2.45) is 0 Å². The molecule has 1 amide bonds. The number of likely N-dealkylation sites (N-methyl/N-ethyl adjacent to an activating group) is 1. The molecular formula is C12H26N4O2. The van der Waals surface area contributed by atoms with Gasteiger partial charge in [-0.1, -0.05) is 0 Å². The van der Waals surface area contributed by atoms with E-state index in [4.69, 9.17) is 4.74 Å². The van der Waals surface area contributed by atoms with Gasteiger partial charge in [0.1, 0.15) is 5.60 Å². The van der Waals surface area contributed by atoms with Gasteiger partial charge in [0.25, 0.3) is 0 Å². The van der Waals surface area contributed by atoms with Crippen LogP contribution in [0, 0.1) is 0 Å². The number of carbonyl (C=O) groups excluding carboxylic acids is 1. The van der Waals surface area contributed by atoms with Gasteiger partial charge in [0.2, 0.25) is 0 Å². The van der Waals surface area contributed by atoms with Crippen LogP contribution in [0.3, 0.4) is 0 Å². The molecule has 0 atom stereocenters. The smallest absolute Gasteiger partial charge is 0.407 e. The molecule has 18 heavy (non-hydrogen) atoms. The molecule has 0 saturated carbocycles. The van der Waals surface area contributed by atoms with Crippen molar-refractivity contribution >= 4 is 6.09 Å². The monoisotopic (exact) mass is 258 g/mol. The number of alkyl carbamates (subject to hydrolysis) is 1. The summed E-state index contributed by atoms with van der Waals surface area (Å²) in [7, 11) is 2.13. The lowest BCUT2D eigenvalue weighted by Crippen LogP contribution is -2.52. The molecule has 106 valence electrons. The fraction of sp³-hybridized carbons (Fsp3) is 0.917. The molecule has 0 aromatic heterocycles. The van der Waals surface area contributed by atoms with Crippen molar-refractivity contribution in [2.75, 3.05) is 46.3 Å². The van der Waals surface area contributed by atoms with Crippen molar-refractivity contribution in [3.8, 4) is 0 Å². The summed E-state index contributed by atoms with van der Waals surface area (Å²) in [5.41, 5.74) is 2.86. The predicted octanol–water partition coefficient (Wildman–Crippen LogP) is 0.263. The molecule has 0 radical (unpaired) electrons. The second-order valence-electron chi connectivity index (χ2n) is 5.63. The lowest BCUT2D eigenvalue weighted by molar-refractivity contribution is 0.0519. The van der Waals surface area contributed by atoms with Gasteiger partial charge in [-0.3, -0.25) is 5.43 Å². The first-order valence-corrected chi connectivity index (χ1v) is 6.51. The molecule has 0 spiro atoms. The standard InChI is InChI=1S/C12H26N4O2/c1-12(2,3)18-11(17)13-5-6-14-16-9-7-15(4)8-10-16/h14H,5-10H2,1-4H3,(H,13,17). The SMILES string of the molecule is CN1CCN(NCCNC(=O)OC(C)(C)C)CC1. The highest BCUT2D eigenvalue weighted by atomic mass is 16.6. The van der Waals surface area contributed by atoms with E-state index in [0.29, 0.717) is 6.54 Å². The van der Waals surface area contributed by atoms with Gasteiger partial charge >= 0.3 is 6.09 Å². The van der Waals surface area contributed by atoms with Crippen LogP contribution in [0.15, 0.2) is 0 Å². The van der Waals surface area contributed by atoms with Gasteiger partial charge in [-0.05, 0) is 27.8 Å². The van der Waals surface area contributed by atoms with Gasteiger partial charge < -0.3 is 15.0 Å². The van der Waals surface area contributed by atoms with Crippen LogP contribution in [-0.2, 0) is 4.74 Å². The summed E-state index contributed by atoms with van der Waals surface area (Å²) < 4.78 is 5.15. The van der Waals surface area contributed by atoms with Gasteiger partial charge in [-0.25, -0.2) is 9.80 Å². The minimum atomic E-state index is -0.436. The van der Waals surface area contributed by atoms with Crippen molar-refractivity contribution in [1.82, 2.24) is 20.7 Å². The summed E-state index contributed by atoms with van der Waals surface area (Å²) in [6, 6.07) is 0. The third kappa shape index (κ3) is 6.78. The maximum Gasteiger partial charge on any atom is 0.407 e. The zero-order valence-corrected chi connectivity index (χ0v) is 12.0. The number of carbonyl (C=O) groups is 1. The van der Waals surface area contributed by atoms with Crippen molar-refractivity contribution < 1.29 is 9.53 Å². The number of hydrazine groups is 1. The van der Waals surface area contributed by atoms with Crippen molar-refractivity contribution in [3.63, 3.8) is 0 Å². The summed E-state index contributed by atoms with van der Waals surface area (Å²) in [6.07, 6.45) is -0.359. The zero-order valence-electron chi connectivity index (χ0n) is 12.0.